The Bertz CT molecular complexity index is 396. The molecule has 0 aromatic carbocycles. The lowest BCUT2D eigenvalue weighted by atomic mass is 9.96. The number of nitrogens with zero attached hydrogens (tertiary/aromatic N) is 3. The van der Waals surface area contributed by atoms with Gasteiger partial charge in [-0.2, -0.15) is 0 Å². The number of β-amino-alcohol motifs (C(OH)–C–C–N with tert-alkyl or cyclic N) is 1. The zero-order valence-electron chi connectivity index (χ0n) is 10.7. The fraction of sp³-hybridized carbons (Fsp3) is 0.667. The van der Waals surface area contributed by atoms with Crippen LogP contribution in [0.4, 0.5) is 5.13 Å². The number of rotatable bonds is 3. The molecule has 0 saturated carbocycles. The van der Waals surface area contributed by atoms with Crippen molar-refractivity contribution in [1.82, 2.24) is 9.88 Å². The van der Waals surface area contributed by atoms with Crippen molar-refractivity contribution in [3.8, 4) is 0 Å². The number of hydrogen-bond donors (Lipinski definition) is 1. The van der Waals surface area contributed by atoms with Crippen LogP contribution in [-0.4, -0.2) is 53.7 Å². The van der Waals surface area contributed by atoms with Crippen LogP contribution in [0.3, 0.4) is 0 Å². The van der Waals surface area contributed by atoms with Gasteiger partial charge in [0.25, 0.3) is 0 Å². The first-order valence-electron chi connectivity index (χ1n) is 6.14. The molecule has 0 bridgehead atoms. The number of likely N-dealkylation sites (N-methyl/N-ethyl adjacent to an activating group) is 1. The molecule has 2 rings (SSSR count). The van der Waals surface area contributed by atoms with Gasteiger partial charge in [-0.25, -0.2) is 4.98 Å². The second-order valence-electron chi connectivity index (χ2n) is 4.84. The average Bonchev–Trinajstić information content (AvgIpc) is 2.86. The molecule has 18 heavy (non-hydrogen) atoms. The number of carbonyl (C=O) groups is 1. The first-order valence-corrected chi connectivity index (χ1v) is 7.02. The van der Waals surface area contributed by atoms with Gasteiger partial charge in [-0.15, -0.1) is 11.3 Å². The number of aliphatic hydroxyl groups is 1. The standard InChI is InChI=1S/C12H19N3O2S/c1-9-3-5-15(7-10(9)16)8-11(17)14(2)12-13-4-6-18-12/h4,6,9-10,16H,3,5,7-8H2,1-2H3. The van der Waals surface area contributed by atoms with Crippen molar-refractivity contribution in [2.24, 2.45) is 5.92 Å². The van der Waals surface area contributed by atoms with Gasteiger partial charge >= 0.3 is 0 Å². The summed E-state index contributed by atoms with van der Waals surface area (Å²) in [6.07, 6.45) is 2.31. The number of thiazole rings is 1. The molecule has 1 N–H and O–H groups in total. The molecule has 2 unspecified atom stereocenters. The van der Waals surface area contributed by atoms with E-state index in [-0.39, 0.29) is 12.0 Å². The second-order valence-corrected chi connectivity index (χ2v) is 5.71. The van der Waals surface area contributed by atoms with Gasteiger partial charge in [0, 0.05) is 25.2 Å². The Hall–Kier alpha value is -0.980. The number of carbonyl (C=O) groups excluding carboxylic acids is 1. The van der Waals surface area contributed by atoms with Crippen LogP contribution in [-0.2, 0) is 4.79 Å². The van der Waals surface area contributed by atoms with Crippen molar-refractivity contribution in [3.63, 3.8) is 0 Å². The van der Waals surface area contributed by atoms with E-state index in [0.717, 1.165) is 13.0 Å². The largest absolute Gasteiger partial charge is 0.392 e. The van der Waals surface area contributed by atoms with Crippen molar-refractivity contribution in [3.05, 3.63) is 11.6 Å². The van der Waals surface area contributed by atoms with E-state index < -0.39 is 0 Å². The fourth-order valence-corrected chi connectivity index (χ4v) is 2.67. The summed E-state index contributed by atoms with van der Waals surface area (Å²) in [7, 11) is 1.74. The van der Waals surface area contributed by atoms with Crippen molar-refractivity contribution in [2.45, 2.75) is 19.4 Å². The van der Waals surface area contributed by atoms with Gasteiger partial charge in [0.1, 0.15) is 0 Å². The molecule has 2 atom stereocenters. The van der Waals surface area contributed by atoms with Crippen LogP contribution in [0.25, 0.3) is 0 Å². The van der Waals surface area contributed by atoms with Crippen molar-refractivity contribution >= 4 is 22.4 Å². The summed E-state index contributed by atoms with van der Waals surface area (Å²) in [6.45, 7) is 3.85. The molecule has 1 fully saturated rings. The minimum atomic E-state index is -0.322. The quantitative estimate of drug-likeness (QED) is 0.882. The monoisotopic (exact) mass is 269 g/mol. The predicted octanol–water partition coefficient (Wildman–Crippen LogP) is 0.809. The molecule has 2 heterocycles. The third-order valence-corrected chi connectivity index (χ3v) is 4.29. The molecule has 1 aliphatic heterocycles. The van der Waals surface area contributed by atoms with Crippen LogP contribution < -0.4 is 4.90 Å². The van der Waals surface area contributed by atoms with Gasteiger partial charge < -0.3 is 5.11 Å². The van der Waals surface area contributed by atoms with Crippen LogP contribution in [0.2, 0.25) is 0 Å². The summed E-state index contributed by atoms with van der Waals surface area (Å²) in [5.41, 5.74) is 0. The summed E-state index contributed by atoms with van der Waals surface area (Å²) in [5.74, 6) is 0.347. The highest BCUT2D eigenvalue weighted by atomic mass is 32.1. The maximum absolute atomic E-state index is 12.1. The Labute approximate surface area is 111 Å². The van der Waals surface area contributed by atoms with E-state index in [2.05, 4.69) is 4.98 Å². The average molecular weight is 269 g/mol. The van der Waals surface area contributed by atoms with Gasteiger partial charge in [0.15, 0.2) is 5.13 Å². The number of hydrogen-bond acceptors (Lipinski definition) is 5. The van der Waals surface area contributed by atoms with Gasteiger partial charge in [-0.3, -0.25) is 14.6 Å². The SMILES string of the molecule is CC1CCN(CC(=O)N(C)c2nccs2)CC1O. The summed E-state index contributed by atoms with van der Waals surface area (Å²) >= 11 is 1.45. The predicted molar refractivity (Wildman–Crippen MR) is 71.8 cm³/mol. The molecule has 100 valence electrons. The van der Waals surface area contributed by atoms with Crippen LogP contribution >= 0.6 is 11.3 Å². The molecular formula is C12H19N3O2S. The number of aliphatic hydroxyl groups excluding tert-OH is 1. The summed E-state index contributed by atoms with van der Waals surface area (Å²) in [6, 6.07) is 0. The first-order chi connectivity index (χ1) is 8.58. The minimum absolute atomic E-state index is 0.0201. The number of aromatic nitrogens is 1. The van der Waals surface area contributed by atoms with Gasteiger partial charge in [-0.05, 0) is 18.9 Å². The third kappa shape index (κ3) is 3.07. The molecule has 1 aromatic rings. The molecule has 1 amide bonds. The van der Waals surface area contributed by atoms with Gasteiger partial charge in [0.05, 0.1) is 12.6 Å². The lowest BCUT2D eigenvalue weighted by Gasteiger charge is -2.34. The van der Waals surface area contributed by atoms with E-state index in [4.69, 9.17) is 0 Å². The lowest BCUT2D eigenvalue weighted by molar-refractivity contribution is -0.120. The third-order valence-electron chi connectivity index (χ3n) is 3.44. The number of likely N-dealkylation sites (tertiary alicyclic amines) is 1. The normalized spacial score (nSPS) is 25.1. The van der Waals surface area contributed by atoms with E-state index in [1.165, 1.54) is 11.3 Å². The summed E-state index contributed by atoms with van der Waals surface area (Å²) in [4.78, 5) is 19.8. The lowest BCUT2D eigenvalue weighted by Crippen LogP contribution is -2.47. The molecule has 1 aliphatic rings. The van der Waals surface area contributed by atoms with Crippen LogP contribution in [0.1, 0.15) is 13.3 Å². The summed E-state index contributed by atoms with van der Waals surface area (Å²) in [5, 5.41) is 12.4. The van der Waals surface area contributed by atoms with Gasteiger partial charge in [-0.1, -0.05) is 6.92 Å². The smallest absolute Gasteiger partial charge is 0.242 e. The number of piperidine rings is 1. The van der Waals surface area contributed by atoms with Gasteiger partial charge in [0.2, 0.25) is 5.91 Å². The number of anilines is 1. The number of amides is 1. The second kappa shape index (κ2) is 5.77. The molecule has 1 saturated heterocycles. The maximum atomic E-state index is 12.1. The van der Waals surface area contributed by atoms with E-state index >= 15 is 0 Å². The Morgan fingerprint density at radius 3 is 3.11 bits per heavy atom. The molecule has 0 spiro atoms. The van der Waals surface area contributed by atoms with E-state index in [1.807, 2.05) is 17.2 Å². The van der Waals surface area contributed by atoms with E-state index in [1.54, 1.807) is 18.1 Å². The Kier molecular flexibility index (Phi) is 4.31. The van der Waals surface area contributed by atoms with Crippen LogP contribution in [0.5, 0.6) is 0 Å². The highest BCUT2D eigenvalue weighted by Gasteiger charge is 2.26. The van der Waals surface area contributed by atoms with Crippen molar-refractivity contribution in [2.75, 3.05) is 31.6 Å². The van der Waals surface area contributed by atoms with E-state index in [9.17, 15) is 9.90 Å². The highest BCUT2D eigenvalue weighted by molar-refractivity contribution is 7.13. The zero-order chi connectivity index (χ0) is 13.1. The Morgan fingerprint density at radius 2 is 2.50 bits per heavy atom. The van der Waals surface area contributed by atoms with E-state index in [0.29, 0.717) is 24.1 Å². The molecule has 0 aliphatic carbocycles. The molecular weight excluding hydrogens is 250 g/mol. The summed E-state index contributed by atoms with van der Waals surface area (Å²) < 4.78 is 0. The van der Waals surface area contributed by atoms with Crippen molar-refractivity contribution in [1.29, 1.82) is 0 Å². The Balaban J connectivity index is 1.88. The highest BCUT2D eigenvalue weighted by Crippen LogP contribution is 2.18. The minimum Gasteiger partial charge on any atom is -0.392 e. The first kappa shape index (κ1) is 13.5. The maximum Gasteiger partial charge on any atom is 0.242 e. The van der Waals surface area contributed by atoms with Crippen molar-refractivity contribution < 1.29 is 9.90 Å². The topological polar surface area (TPSA) is 56.7 Å². The zero-order valence-corrected chi connectivity index (χ0v) is 11.6. The van der Waals surface area contributed by atoms with Crippen LogP contribution in [0, 0.1) is 5.92 Å². The fourth-order valence-electron chi connectivity index (χ4n) is 2.04. The molecule has 5 nitrogen and oxygen atoms in total. The Morgan fingerprint density at radius 1 is 1.72 bits per heavy atom. The molecule has 6 heteroatoms. The van der Waals surface area contributed by atoms with Crippen LogP contribution in [0.15, 0.2) is 11.6 Å². The molecule has 1 aromatic heterocycles. The molecule has 0 radical (unpaired) electrons.